The summed E-state index contributed by atoms with van der Waals surface area (Å²) in [5.74, 6) is 0.0925. The zero-order valence-corrected chi connectivity index (χ0v) is 20.6. The summed E-state index contributed by atoms with van der Waals surface area (Å²) in [6.07, 6.45) is 4.43. The second kappa shape index (κ2) is 10.1. The smallest absolute Gasteiger partial charge is 0.248 e. The molecule has 2 aromatic heterocycles. The zero-order valence-electron chi connectivity index (χ0n) is 19.8. The average molecular weight is 483 g/mol. The highest BCUT2D eigenvalue weighted by Crippen LogP contribution is 2.29. The first-order chi connectivity index (χ1) is 16.3. The summed E-state index contributed by atoms with van der Waals surface area (Å²) in [6.45, 7) is 6.80. The number of hydrogen-bond acceptors (Lipinski definition) is 6. The molecule has 1 aliphatic rings. The Morgan fingerprint density at radius 1 is 1.09 bits per heavy atom. The van der Waals surface area contributed by atoms with Crippen molar-refractivity contribution >= 4 is 15.9 Å². The van der Waals surface area contributed by atoms with E-state index in [1.165, 1.54) is 4.31 Å². The summed E-state index contributed by atoms with van der Waals surface area (Å²) >= 11 is 0. The van der Waals surface area contributed by atoms with Gasteiger partial charge >= 0.3 is 0 Å². The minimum absolute atomic E-state index is 0.0430. The van der Waals surface area contributed by atoms with Gasteiger partial charge in [0.1, 0.15) is 10.6 Å². The number of carbonyl (C=O) groups excluding carboxylic acids is 1. The third kappa shape index (κ3) is 5.05. The van der Waals surface area contributed by atoms with Crippen molar-refractivity contribution in [2.45, 2.75) is 51.6 Å². The number of pyridine rings is 1. The Morgan fingerprint density at radius 3 is 2.44 bits per heavy atom. The number of piperidine rings is 1. The van der Waals surface area contributed by atoms with Gasteiger partial charge in [0.25, 0.3) is 0 Å². The molecule has 1 amide bonds. The fourth-order valence-electron chi connectivity index (χ4n) is 4.49. The number of nitrogens with zero attached hydrogens (tertiary/aromatic N) is 4. The first kappa shape index (κ1) is 24.1. The van der Waals surface area contributed by atoms with E-state index in [-0.39, 0.29) is 35.6 Å². The highest BCUT2D eigenvalue weighted by atomic mass is 32.2. The van der Waals surface area contributed by atoms with Crippen LogP contribution in [0, 0.1) is 26.7 Å². The second-order valence-corrected chi connectivity index (χ2v) is 10.7. The lowest BCUT2D eigenvalue weighted by Crippen LogP contribution is -2.44. The maximum absolute atomic E-state index is 13.6. The van der Waals surface area contributed by atoms with Crippen molar-refractivity contribution in [3.63, 3.8) is 0 Å². The minimum Gasteiger partial charge on any atom is -0.360 e. The van der Waals surface area contributed by atoms with Crippen LogP contribution in [-0.4, -0.2) is 46.8 Å². The maximum Gasteiger partial charge on any atom is 0.248 e. The first-order valence-electron chi connectivity index (χ1n) is 11.4. The van der Waals surface area contributed by atoms with Crippen LogP contribution in [-0.2, 0) is 27.9 Å². The molecule has 3 aromatic rings. The van der Waals surface area contributed by atoms with Gasteiger partial charge in [0.05, 0.1) is 0 Å². The molecule has 0 atom stereocenters. The van der Waals surface area contributed by atoms with Gasteiger partial charge in [0.2, 0.25) is 15.9 Å². The van der Waals surface area contributed by atoms with Crippen molar-refractivity contribution in [2.24, 2.45) is 5.92 Å². The molecule has 0 bridgehead atoms. The number of sulfonamides is 1. The van der Waals surface area contributed by atoms with Crippen molar-refractivity contribution in [1.82, 2.24) is 19.3 Å². The van der Waals surface area contributed by atoms with E-state index in [2.05, 4.69) is 10.1 Å². The third-order valence-electron chi connectivity index (χ3n) is 6.40. The molecule has 4 rings (SSSR count). The molecule has 8 nitrogen and oxygen atoms in total. The Balaban J connectivity index is 1.49. The monoisotopic (exact) mass is 482 g/mol. The SMILES string of the molecule is Cc1ccccc1CN(Cc1cccnc1)C(=O)C1CCN(S(=O)(=O)c2c(C)noc2C)CC1. The van der Waals surface area contributed by atoms with Gasteiger partial charge in [-0.15, -0.1) is 0 Å². The number of carbonyl (C=O) groups is 1. The van der Waals surface area contributed by atoms with Crippen molar-refractivity contribution in [1.29, 1.82) is 0 Å². The van der Waals surface area contributed by atoms with Crippen LogP contribution >= 0.6 is 0 Å². The molecule has 0 unspecified atom stereocenters. The molecule has 1 aliphatic heterocycles. The third-order valence-corrected chi connectivity index (χ3v) is 8.54. The maximum atomic E-state index is 13.6. The Hall–Kier alpha value is -3.04. The van der Waals surface area contributed by atoms with Gasteiger partial charge in [-0.2, -0.15) is 4.31 Å². The van der Waals surface area contributed by atoms with Crippen LogP contribution in [0.1, 0.15) is 41.0 Å². The molecule has 180 valence electrons. The van der Waals surface area contributed by atoms with Crippen molar-refractivity contribution in [3.05, 3.63) is 76.9 Å². The molecule has 0 aliphatic carbocycles. The van der Waals surface area contributed by atoms with Crippen LogP contribution in [0.5, 0.6) is 0 Å². The average Bonchev–Trinajstić information content (AvgIpc) is 3.19. The van der Waals surface area contributed by atoms with Crippen LogP contribution in [0.25, 0.3) is 0 Å². The second-order valence-electron chi connectivity index (χ2n) is 8.81. The number of amides is 1. The summed E-state index contributed by atoms with van der Waals surface area (Å²) in [5, 5.41) is 3.78. The lowest BCUT2D eigenvalue weighted by molar-refractivity contribution is -0.138. The van der Waals surface area contributed by atoms with Crippen molar-refractivity contribution in [2.75, 3.05) is 13.1 Å². The Morgan fingerprint density at radius 2 is 1.82 bits per heavy atom. The van der Waals surface area contributed by atoms with Gasteiger partial charge in [-0.05, 0) is 56.4 Å². The number of benzene rings is 1. The highest BCUT2D eigenvalue weighted by Gasteiger charge is 2.36. The van der Waals surface area contributed by atoms with Gasteiger partial charge in [-0.25, -0.2) is 8.42 Å². The molecule has 0 spiro atoms. The summed E-state index contributed by atoms with van der Waals surface area (Å²) in [5.41, 5.74) is 3.55. The van der Waals surface area contributed by atoms with E-state index in [4.69, 9.17) is 4.52 Å². The lowest BCUT2D eigenvalue weighted by Gasteiger charge is -2.34. The quantitative estimate of drug-likeness (QED) is 0.510. The molecule has 1 saturated heterocycles. The van der Waals surface area contributed by atoms with E-state index in [1.54, 1.807) is 26.2 Å². The molecular formula is C25H30N4O4S. The van der Waals surface area contributed by atoms with E-state index < -0.39 is 10.0 Å². The molecule has 9 heteroatoms. The molecule has 1 fully saturated rings. The van der Waals surface area contributed by atoms with Gasteiger partial charge in [-0.3, -0.25) is 9.78 Å². The predicted octanol–water partition coefficient (Wildman–Crippen LogP) is 3.62. The van der Waals surface area contributed by atoms with Crippen LogP contribution in [0.15, 0.2) is 58.2 Å². The molecule has 34 heavy (non-hydrogen) atoms. The lowest BCUT2D eigenvalue weighted by atomic mass is 9.95. The van der Waals surface area contributed by atoms with E-state index in [0.717, 1.165) is 16.7 Å². The van der Waals surface area contributed by atoms with Gasteiger partial charge in [0, 0.05) is 44.5 Å². The number of aryl methyl sites for hydroxylation is 3. The normalized spacial score (nSPS) is 15.4. The standard InChI is InChI=1S/C25H30N4O4S/c1-18-7-4-5-9-23(18)17-28(16-21-8-6-12-26-15-21)25(30)22-10-13-29(14-11-22)34(31,32)24-19(2)27-33-20(24)3/h4-9,12,15,22H,10-11,13-14,16-17H2,1-3H3. The summed E-state index contributed by atoms with van der Waals surface area (Å²) in [7, 11) is -3.71. The Kier molecular flexibility index (Phi) is 7.13. The van der Waals surface area contributed by atoms with E-state index in [0.29, 0.717) is 31.6 Å². The highest BCUT2D eigenvalue weighted by molar-refractivity contribution is 7.89. The number of hydrogen-bond donors (Lipinski definition) is 0. The van der Waals surface area contributed by atoms with Crippen molar-refractivity contribution in [3.8, 4) is 0 Å². The van der Waals surface area contributed by atoms with Gasteiger partial charge in [-0.1, -0.05) is 35.5 Å². The number of aromatic nitrogens is 2. The van der Waals surface area contributed by atoms with Gasteiger partial charge in [0.15, 0.2) is 5.76 Å². The van der Waals surface area contributed by atoms with Crippen LogP contribution in [0.4, 0.5) is 0 Å². The van der Waals surface area contributed by atoms with Crippen LogP contribution < -0.4 is 0 Å². The summed E-state index contributed by atoms with van der Waals surface area (Å²) in [4.78, 5) is 19.8. The molecule has 1 aromatic carbocycles. The van der Waals surface area contributed by atoms with E-state index in [9.17, 15) is 13.2 Å². The summed E-state index contributed by atoms with van der Waals surface area (Å²) in [6, 6.07) is 11.9. The first-order valence-corrected chi connectivity index (χ1v) is 12.9. The summed E-state index contributed by atoms with van der Waals surface area (Å²) < 4.78 is 32.8. The van der Waals surface area contributed by atoms with Gasteiger partial charge < -0.3 is 9.42 Å². The number of rotatable bonds is 7. The Labute approximate surface area is 200 Å². The van der Waals surface area contributed by atoms with Crippen molar-refractivity contribution < 1.29 is 17.7 Å². The topological polar surface area (TPSA) is 96.6 Å². The molecule has 0 N–H and O–H groups in total. The molecule has 0 radical (unpaired) electrons. The van der Waals surface area contributed by atoms with Crippen LogP contribution in [0.2, 0.25) is 0 Å². The molecule has 3 heterocycles. The van der Waals surface area contributed by atoms with E-state index >= 15 is 0 Å². The fourth-order valence-corrected chi connectivity index (χ4v) is 6.25. The minimum atomic E-state index is -3.71. The molecular weight excluding hydrogens is 452 g/mol. The van der Waals surface area contributed by atoms with Crippen LogP contribution in [0.3, 0.4) is 0 Å². The fraction of sp³-hybridized carbons (Fsp3) is 0.400. The van der Waals surface area contributed by atoms with E-state index in [1.807, 2.05) is 48.2 Å². The predicted molar refractivity (Wildman–Crippen MR) is 127 cm³/mol. The zero-order chi connectivity index (χ0) is 24.3. The Bertz CT molecular complexity index is 1230. The largest absolute Gasteiger partial charge is 0.360 e. The molecule has 0 saturated carbocycles.